The van der Waals surface area contributed by atoms with Crippen LogP contribution in [0.15, 0.2) is 12.4 Å². The van der Waals surface area contributed by atoms with Gasteiger partial charge < -0.3 is 20.6 Å². The van der Waals surface area contributed by atoms with Gasteiger partial charge in [-0.15, -0.1) is 0 Å². The number of nitrogen functional groups attached to an aromatic ring is 1. The number of anilines is 2. The summed E-state index contributed by atoms with van der Waals surface area (Å²) in [5.41, 5.74) is 5.81. The van der Waals surface area contributed by atoms with E-state index in [0.29, 0.717) is 17.8 Å². The summed E-state index contributed by atoms with van der Waals surface area (Å²) >= 11 is 0. The van der Waals surface area contributed by atoms with Gasteiger partial charge in [0.2, 0.25) is 0 Å². The van der Waals surface area contributed by atoms with Crippen LogP contribution in [0.1, 0.15) is 19.3 Å². The molecule has 1 aromatic heterocycles. The summed E-state index contributed by atoms with van der Waals surface area (Å²) in [7, 11) is 2.20. The van der Waals surface area contributed by atoms with E-state index >= 15 is 0 Å². The second-order valence-corrected chi connectivity index (χ2v) is 7.07. The van der Waals surface area contributed by atoms with E-state index in [9.17, 15) is 5.11 Å². The number of hydrogen-bond donors (Lipinski definition) is 2. The predicted molar refractivity (Wildman–Crippen MR) is 95.9 cm³/mol. The molecule has 3 rings (SSSR count). The maximum Gasteiger partial charge on any atom is 0.134 e. The first kappa shape index (κ1) is 17.4. The van der Waals surface area contributed by atoms with E-state index in [0.717, 1.165) is 64.3 Å². The van der Waals surface area contributed by atoms with Gasteiger partial charge in [-0.1, -0.05) is 0 Å². The monoisotopic (exact) mass is 334 g/mol. The summed E-state index contributed by atoms with van der Waals surface area (Å²) in [5, 5.41) is 9.28. The average Bonchev–Trinajstić information content (AvgIpc) is 2.60. The van der Waals surface area contributed by atoms with Gasteiger partial charge in [-0.25, -0.2) is 9.97 Å². The molecule has 2 aliphatic rings. The van der Waals surface area contributed by atoms with Crippen LogP contribution in [-0.4, -0.2) is 83.8 Å². The molecule has 134 valence electrons. The topological polar surface area (TPSA) is 81.8 Å². The zero-order valence-electron chi connectivity index (χ0n) is 14.6. The molecule has 0 aromatic carbocycles. The molecule has 1 aromatic rings. The lowest BCUT2D eigenvalue weighted by atomic mass is 9.86. The quantitative estimate of drug-likeness (QED) is 0.800. The largest absolute Gasteiger partial charge is 0.396 e. The predicted octanol–water partition coefficient (Wildman–Crippen LogP) is 0.274. The van der Waals surface area contributed by atoms with Gasteiger partial charge in [0.1, 0.15) is 18.0 Å². The van der Waals surface area contributed by atoms with Gasteiger partial charge in [0.15, 0.2) is 0 Å². The normalized spacial score (nSPS) is 26.7. The molecule has 2 aliphatic heterocycles. The van der Waals surface area contributed by atoms with E-state index < -0.39 is 0 Å². The van der Waals surface area contributed by atoms with Crippen molar-refractivity contribution in [2.45, 2.75) is 25.3 Å². The number of nitrogens with two attached hydrogens (primary N) is 1. The number of aliphatic hydroxyl groups excluding tert-OH is 1. The van der Waals surface area contributed by atoms with Crippen LogP contribution in [-0.2, 0) is 0 Å². The first-order chi connectivity index (χ1) is 11.7. The average molecular weight is 334 g/mol. The minimum atomic E-state index is 0.270. The lowest BCUT2D eigenvalue weighted by Gasteiger charge is -2.46. The molecule has 0 aliphatic carbocycles. The summed E-state index contributed by atoms with van der Waals surface area (Å²) < 4.78 is 0. The first-order valence-electron chi connectivity index (χ1n) is 9.03. The van der Waals surface area contributed by atoms with Crippen LogP contribution in [0.25, 0.3) is 0 Å². The molecule has 7 nitrogen and oxygen atoms in total. The van der Waals surface area contributed by atoms with E-state index in [1.165, 1.54) is 0 Å². The molecule has 0 spiro atoms. The van der Waals surface area contributed by atoms with Gasteiger partial charge in [0.25, 0.3) is 0 Å². The third-order valence-electron chi connectivity index (χ3n) is 5.43. The molecule has 24 heavy (non-hydrogen) atoms. The van der Waals surface area contributed by atoms with Crippen molar-refractivity contribution in [1.29, 1.82) is 0 Å². The fourth-order valence-corrected chi connectivity index (χ4v) is 4.03. The Morgan fingerprint density at radius 1 is 1.21 bits per heavy atom. The van der Waals surface area contributed by atoms with Crippen LogP contribution in [0.2, 0.25) is 0 Å². The number of piperazine rings is 1. The van der Waals surface area contributed by atoms with Crippen molar-refractivity contribution in [3.8, 4) is 0 Å². The van der Waals surface area contributed by atoms with E-state index in [2.05, 4.69) is 31.7 Å². The van der Waals surface area contributed by atoms with Gasteiger partial charge in [0, 0.05) is 58.0 Å². The molecule has 0 radical (unpaired) electrons. The highest BCUT2D eigenvalue weighted by atomic mass is 16.2. The fraction of sp³-hybridized carbons (Fsp3) is 0.765. The molecule has 3 heterocycles. The summed E-state index contributed by atoms with van der Waals surface area (Å²) in [6.45, 7) is 6.85. The molecule has 3 N–H and O–H groups in total. The smallest absolute Gasteiger partial charge is 0.134 e. The number of hydrogen-bond acceptors (Lipinski definition) is 7. The summed E-state index contributed by atoms with van der Waals surface area (Å²) in [6.07, 6.45) is 4.61. The third kappa shape index (κ3) is 4.15. The van der Waals surface area contributed by atoms with Crippen LogP contribution in [0.3, 0.4) is 0 Å². The van der Waals surface area contributed by atoms with Gasteiger partial charge in [0.05, 0.1) is 0 Å². The van der Waals surface area contributed by atoms with Gasteiger partial charge >= 0.3 is 0 Å². The number of nitrogens with zero attached hydrogens (tertiary/aromatic N) is 5. The first-order valence-corrected chi connectivity index (χ1v) is 9.03. The molecule has 0 amide bonds. The summed E-state index contributed by atoms with van der Waals surface area (Å²) in [5.74, 6) is 2.01. The Bertz CT molecular complexity index is 520. The lowest BCUT2D eigenvalue weighted by Crippen LogP contribution is -2.56. The Morgan fingerprint density at radius 2 is 2.00 bits per heavy atom. The molecule has 0 saturated carbocycles. The second kappa shape index (κ2) is 8.09. The molecule has 2 saturated heterocycles. The lowest BCUT2D eigenvalue weighted by molar-refractivity contribution is 0.0637. The van der Waals surface area contributed by atoms with Crippen molar-refractivity contribution in [3.63, 3.8) is 0 Å². The third-order valence-corrected chi connectivity index (χ3v) is 5.43. The summed E-state index contributed by atoms with van der Waals surface area (Å²) in [6, 6.07) is 2.47. The Hall–Kier alpha value is -1.44. The molecule has 2 atom stereocenters. The van der Waals surface area contributed by atoms with Crippen LogP contribution in [0, 0.1) is 5.92 Å². The minimum absolute atomic E-state index is 0.270. The van der Waals surface area contributed by atoms with E-state index in [-0.39, 0.29) is 6.61 Å². The van der Waals surface area contributed by atoms with Crippen molar-refractivity contribution >= 4 is 11.6 Å². The van der Waals surface area contributed by atoms with Crippen molar-refractivity contribution in [1.82, 2.24) is 19.8 Å². The Kier molecular flexibility index (Phi) is 5.86. The number of aromatic nitrogens is 2. The van der Waals surface area contributed by atoms with Gasteiger partial charge in [-0.3, -0.25) is 4.90 Å². The van der Waals surface area contributed by atoms with Crippen LogP contribution in [0.5, 0.6) is 0 Å². The maximum absolute atomic E-state index is 9.28. The highest BCUT2D eigenvalue weighted by Crippen LogP contribution is 2.29. The molecule has 7 heteroatoms. The molecular formula is C17H30N6O. The molecular weight excluding hydrogens is 304 g/mol. The van der Waals surface area contributed by atoms with Crippen molar-refractivity contribution in [2.24, 2.45) is 5.92 Å². The maximum atomic E-state index is 9.28. The zero-order valence-corrected chi connectivity index (χ0v) is 14.6. The van der Waals surface area contributed by atoms with Crippen LogP contribution in [0.4, 0.5) is 11.6 Å². The van der Waals surface area contributed by atoms with Gasteiger partial charge in [-0.2, -0.15) is 0 Å². The van der Waals surface area contributed by atoms with Crippen molar-refractivity contribution in [3.05, 3.63) is 12.4 Å². The standard InChI is InChI=1S/C17H30N6O/c1-21-6-8-22(9-7-21)15-4-5-23(12-14(15)3-2-10-24)17-11-16(18)19-13-20-17/h11,13-15,24H,2-10,12H2,1H3,(H2,18,19,20)/t14-,15+/m1/s1. The Morgan fingerprint density at radius 3 is 2.71 bits per heavy atom. The number of likely N-dealkylation sites (N-methyl/N-ethyl adjacent to an activating group) is 1. The molecule has 0 bridgehead atoms. The Labute approximate surface area is 144 Å². The van der Waals surface area contributed by atoms with E-state index in [1.54, 1.807) is 6.33 Å². The Balaban J connectivity index is 1.68. The van der Waals surface area contributed by atoms with E-state index in [4.69, 9.17) is 5.73 Å². The highest BCUT2D eigenvalue weighted by molar-refractivity contribution is 5.46. The zero-order chi connectivity index (χ0) is 16.9. The highest BCUT2D eigenvalue weighted by Gasteiger charge is 2.34. The number of piperidine rings is 1. The SMILES string of the molecule is CN1CCN([C@H]2CCN(c3cc(N)ncn3)C[C@H]2CCCO)CC1. The fourth-order valence-electron chi connectivity index (χ4n) is 4.03. The van der Waals surface area contributed by atoms with Crippen molar-refractivity contribution in [2.75, 3.05) is 63.6 Å². The van der Waals surface area contributed by atoms with Crippen molar-refractivity contribution < 1.29 is 5.11 Å². The molecule has 2 fully saturated rings. The van der Waals surface area contributed by atoms with E-state index in [1.807, 2.05) is 6.07 Å². The summed E-state index contributed by atoms with van der Waals surface area (Å²) in [4.78, 5) is 15.8. The molecule has 0 unspecified atom stereocenters. The number of aliphatic hydroxyl groups is 1. The van der Waals surface area contributed by atoms with Crippen LogP contribution >= 0.6 is 0 Å². The van der Waals surface area contributed by atoms with Gasteiger partial charge in [-0.05, 0) is 32.2 Å². The minimum Gasteiger partial charge on any atom is -0.396 e. The second-order valence-electron chi connectivity index (χ2n) is 7.07. The number of rotatable bonds is 5. The van der Waals surface area contributed by atoms with Crippen LogP contribution < -0.4 is 10.6 Å².